The molecule has 0 aliphatic heterocycles. The quantitative estimate of drug-likeness (QED) is 0.258. The van der Waals surface area contributed by atoms with Gasteiger partial charge in [-0.15, -0.1) is 0 Å². The topological polar surface area (TPSA) is 77.1 Å². The minimum atomic E-state index is -0.0532. The minimum Gasteiger partial charge on any atom is -0.466 e. The van der Waals surface area contributed by atoms with Crippen molar-refractivity contribution < 1.29 is 9.21 Å². The number of hydrogen-bond acceptors (Lipinski definition) is 5. The van der Waals surface area contributed by atoms with Crippen LogP contribution in [0.2, 0.25) is 0 Å². The molecule has 37 heavy (non-hydrogen) atoms. The molecule has 0 aliphatic rings. The maximum Gasteiger partial charge on any atom is 0.255 e. The van der Waals surface area contributed by atoms with Crippen LogP contribution in [0.3, 0.4) is 0 Å². The predicted molar refractivity (Wildman–Crippen MR) is 144 cm³/mol. The number of fused-ring (bicyclic) bond motifs is 1. The first kappa shape index (κ1) is 24.4. The molecule has 0 bridgehead atoms. The molecule has 4 aromatic heterocycles. The summed E-state index contributed by atoms with van der Waals surface area (Å²) >= 11 is 0. The van der Waals surface area contributed by atoms with Crippen molar-refractivity contribution in [1.82, 2.24) is 24.6 Å². The van der Waals surface area contributed by atoms with E-state index in [4.69, 9.17) is 9.40 Å². The van der Waals surface area contributed by atoms with Gasteiger partial charge in [0, 0.05) is 37.1 Å². The van der Waals surface area contributed by atoms with Crippen molar-refractivity contribution in [3.05, 3.63) is 101 Å². The third kappa shape index (κ3) is 5.16. The third-order valence-electron chi connectivity index (χ3n) is 6.53. The normalized spacial score (nSPS) is 11.4. The average molecular weight is 494 g/mol. The maximum atomic E-state index is 14.3. The molecule has 0 spiro atoms. The van der Waals surface area contributed by atoms with Gasteiger partial charge < -0.3 is 9.32 Å². The molecular weight excluding hydrogens is 462 g/mol. The van der Waals surface area contributed by atoms with Crippen molar-refractivity contribution in [2.24, 2.45) is 0 Å². The molecule has 1 aromatic carbocycles. The van der Waals surface area contributed by atoms with Crippen LogP contribution in [0.15, 0.2) is 77.6 Å². The van der Waals surface area contributed by atoms with E-state index in [2.05, 4.69) is 36.1 Å². The number of aromatic nitrogens is 4. The molecular formula is C30H31N5O2. The molecule has 0 atom stereocenters. The van der Waals surface area contributed by atoms with E-state index in [1.165, 1.54) is 5.56 Å². The molecule has 7 nitrogen and oxygen atoms in total. The smallest absolute Gasteiger partial charge is 0.255 e. The SMILES string of the molecule is Cc1cc(-c2cc(C(=O)N(CCc3ccccc3)Cc3ccncc3)c3cnn(C(C)C)c3n2)c(C)o1. The number of furan rings is 1. The summed E-state index contributed by atoms with van der Waals surface area (Å²) in [6.07, 6.45) is 6.03. The molecule has 188 valence electrons. The lowest BCUT2D eigenvalue weighted by Crippen LogP contribution is -2.32. The molecule has 0 saturated carbocycles. The van der Waals surface area contributed by atoms with E-state index in [0.717, 1.165) is 34.5 Å². The number of benzene rings is 1. The van der Waals surface area contributed by atoms with Crippen LogP contribution in [-0.2, 0) is 13.0 Å². The first-order valence-corrected chi connectivity index (χ1v) is 12.6. The summed E-state index contributed by atoms with van der Waals surface area (Å²) in [7, 11) is 0. The largest absolute Gasteiger partial charge is 0.466 e. The number of carbonyl (C=O) groups is 1. The molecule has 0 aliphatic carbocycles. The maximum absolute atomic E-state index is 14.3. The second-order valence-corrected chi connectivity index (χ2v) is 9.62. The molecule has 5 rings (SSSR count). The van der Waals surface area contributed by atoms with Crippen molar-refractivity contribution in [1.29, 1.82) is 0 Å². The Balaban J connectivity index is 1.60. The molecule has 0 radical (unpaired) electrons. The van der Waals surface area contributed by atoms with Crippen molar-refractivity contribution in [2.75, 3.05) is 6.54 Å². The lowest BCUT2D eigenvalue weighted by Gasteiger charge is -2.24. The van der Waals surface area contributed by atoms with Crippen molar-refractivity contribution in [2.45, 2.75) is 46.7 Å². The summed E-state index contributed by atoms with van der Waals surface area (Å²) in [6.45, 7) is 9.02. The van der Waals surface area contributed by atoms with Gasteiger partial charge in [-0.05, 0) is 69.5 Å². The Morgan fingerprint density at radius 3 is 2.46 bits per heavy atom. The molecule has 1 amide bonds. The van der Waals surface area contributed by atoms with Crippen molar-refractivity contribution in [3.8, 4) is 11.3 Å². The van der Waals surface area contributed by atoms with Gasteiger partial charge in [-0.1, -0.05) is 30.3 Å². The van der Waals surface area contributed by atoms with Gasteiger partial charge >= 0.3 is 0 Å². The monoisotopic (exact) mass is 493 g/mol. The molecule has 5 aromatic rings. The molecule has 0 N–H and O–H groups in total. The first-order chi connectivity index (χ1) is 17.9. The van der Waals surface area contributed by atoms with E-state index in [1.54, 1.807) is 18.6 Å². The van der Waals surface area contributed by atoms with Crippen LogP contribution in [0.1, 0.15) is 52.9 Å². The van der Waals surface area contributed by atoms with Crippen LogP contribution in [0.4, 0.5) is 0 Å². The van der Waals surface area contributed by atoms with Crippen LogP contribution in [0, 0.1) is 13.8 Å². The summed E-state index contributed by atoms with van der Waals surface area (Å²) in [4.78, 5) is 25.2. The molecule has 0 unspecified atom stereocenters. The lowest BCUT2D eigenvalue weighted by atomic mass is 10.0. The zero-order chi connectivity index (χ0) is 25.9. The first-order valence-electron chi connectivity index (χ1n) is 12.6. The Kier molecular flexibility index (Phi) is 6.86. The molecule has 4 heterocycles. The van der Waals surface area contributed by atoms with E-state index >= 15 is 0 Å². The summed E-state index contributed by atoms with van der Waals surface area (Å²) in [6, 6.07) is 18.1. The van der Waals surface area contributed by atoms with Gasteiger partial charge in [-0.2, -0.15) is 5.10 Å². The Bertz CT molecular complexity index is 1520. The summed E-state index contributed by atoms with van der Waals surface area (Å²) in [5, 5.41) is 5.34. The van der Waals surface area contributed by atoms with Crippen LogP contribution in [0.5, 0.6) is 0 Å². The van der Waals surface area contributed by atoms with Gasteiger partial charge in [-0.3, -0.25) is 9.78 Å². The van der Waals surface area contributed by atoms with Gasteiger partial charge in [0.25, 0.3) is 5.91 Å². The van der Waals surface area contributed by atoms with E-state index < -0.39 is 0 Å². The zero-order valence-corrected chi connectivity index (χ0v) is 21.7. The number of carbonyl (C=O) groups excluding carboxylic acids is 1. The van der Waals surface area contributed by atoms with Crippen LogP contribution >= 0.6 is 0 Å². The number of hydrogen-bond donors (Lipinski definition) is 0. The minimum absolute atomic E-state index is 0.0532. The van der Waals surface area contributed by atoms with E-state index in [-0.39, 0.29) is 11.9 Å². The van der Waals surface area contributed by atoms with Gasteiger partial charge in [0.2, 0.25) is 0 Å². The van der Waals surface area contributed by atoms with E-state index in [9.17, 15) is 4.79 Å². The highest BCUT2D eigenvalue weighted by atomic mass is 16.3. The molecule has 0 fully saturated rings. The highest BCUT2D eigenvalue weighted by Gasteiger charge is 2.24. The third-order valence-corrected chi connectivity index (χ3v) is 6.53. The second kappa shape index (κ2) is 10.4. The van der Waals surface area contributed by atoms with Gasteiger partial charge in [0.1, 0.15) is 11.5 Å². The molecule has 7 heteroatoms. The number of pyridine rings is 2. The van der Waals surface area contributed by atoms with Crippen LogP contribution in [0.25, 0.3) is 22.3 Å². The van der Waals surface area contributed by atoms with Crippen molar-refractivity contribution in [3.63, 3.8) is 0 Å². The fourth-order valence-corrected chi connectivity index (χ4v) is 4.64. The fourth-order valence-electron chi connectivity index (χ4n) is 4.64. The van der Waals surface area contributed by atoms with Crippen LogP contribution in [-0.4, -0.2) is 37.1 Å². The number of nitrogens with zero attached hydrogens (tertiary/aromatic N) is 5. The Labute approximate surface area is 216 Å². The Morgan fingerprint density at radius 1 is 1.03 bits per heavy atom. The zero-order valence-electron chi connectivity index (χ0n) is 21.7. The molecule has 0 saturated heterocycles. The van der Waals surface area contributed by atoms with Crippen molar-refractivity contribution >= 4 is 16.9 Å². The average Bonchev–Trinajstić information content (AvgIpc) is 3.49. The number of rotatable bonds is 8. The van der Waals surface area contributed by atoms with Crippen LogP contribution < -0.4 is 0 Å². The standard InChI is InChI=1S/C30H31N5O2/c1-20(2)35-29-27(18-32-35)26(17-28(33-29)25-16-21(3)37-22(25)4)30(36)34(19-24-10-13-31-14-11-24)15-12-23-8-6-5-7-9-23/h5-11,13-14,16-18,20H,12,15,19H2,1-4H3. The lowest BCUT2D eigenvalue weighted by molar-refractivity contribution is 0.0747. The summed E-state index contributed by atoms with van der Waals surface area (Å²) < 4.78 is 7.66. The predicted octanol–water partition coefficient (Wildman–Crippen LogP) is 6.17. The van der Waals surface area contributed by atoms with Gasteiger partial charge in [0.05, 0.1) is 22.8 Å². The Hall–Kier alpha value is -4.26. The fraction of sp³-hybridized carbons (Fsp3) is 0.267. The summed E-state index contributed by atoms with van der Waals surface area (Å²) in [5.74, 6) is 1.53. The van der Waals surface area contributed by atoms with E-state index in [1.807, 2.05) is 65.9 Å². The van der Waals surface area contributed by atoms with Gasteiger partial charge in [0.15, 0.2) is 5.65 Å². The number of amides is 1. The van der Waals surface area contributed by atoms with E-state index in [0.29, 0.717) is 30.0 Å². The Morgan fingerprint density at radius 2 is 1.78 bits per heavy atom. The summed E-state index contributed by atoms with van der Waals surface area (Å²) in [5.41, 5.74) is 5.09. The number of aryl methyl sites for hydroxylation is 2. The highest BCUT2D eigenvalue weighted by Crippen LogP contribution is 2.31. The van der Waals surface area contributed by atoms with Gasteiger partial charge in [-0.25, -0.2) is 9.67 Å². The second-order valence-electron chi connectivity index (χ2n) is 9.62. The highest BCUT2D eigenvalue weighted by molar-refractivity contribution is 6.06.